The van der Waals surface area contributed by atoms with E-state index in [0.29, 0.717) is 24.3 Å². The minimum atomic E-state index is -2.65. The number of carbonyl (C=O) groups excluding carboxylic acids is 2. The van der Waals surface area contributed by atoms with Crippen molar-refractivity contribution in [3.05, 3.63) is 41.5 Å². The van der Waals surface area contributed by atoms with Crippen molar-refractivity contribution >= 4 is 33.9 Å². The number of unbranched alkanes of at least 4 members (excludes halogenated alkanes) is 3. The van der Waals surface area contributed by atoms with Gasteiger partial charge in [0.05, 0.1) is 0 Å². The normalized spacial score (nSPS) is 11.5. The van der Waals surface area contributed by atoms with Crippen molar-refractivity contribution in [2.75, 3.05) is 13.2 Å². The fraction of sp³-hybridized carbons (Fsp3) is 0.571. The average Bonchev–Trinajstić information content (AvgIpc) is 3.04. The number of fused-ring (bicyclic) bond motifs is 1. The zero-order valence-corrected chi connectivity index (χ0v) is 24.2. The Morgan fingerprint density at radius 3 is 1.39 bits per heavy atom. The molecule has 0 N–H and O–H groups in total. The van der Waals surface area contributed by atoms with Crippen LogP contribution in [0.1, 0.15) is 93.9 Å². The molecular formula is C28H42O4Sn. The average molecular weight is 561 g/mol. The standard InChI is InChI=1S/C16H15O4.3C4H9.Sn/c1-3-19-15(17)13-10-14(16(18)20-4-2)12-9-7-5-6-8-11(12)13;3*1-3-4-2;/h6-10H,3-4H2,1-2H3;3*1,3-4H2,2H3;. The van der Waals surface area contributed by atoms with Gasteiger partial charge < -0.3 is 0 Å². The summed E-state index contributed by atoms with van der Waals surface area (Å²) in [5, 5.41) is 0. The first-order valence-corrected chi connectivity index (χ1v) is 20.4. The maximum atomic E-state index is 12.7. The van der Waals surface area contributed by atoms with Gasteiger partial charge in [0.1, 0.15) is 0 Å². The van der Waals surface area contributed by atoms with Crippen molar-refractivity contribution in [2.45, 2.75) is 86.5 Å². The fourth-order valence-electron chi connectivity index (χ4n) is 4.81. The van der Waals surface area contributed by atoms with E-state index in [0.717, 1.165) is 11.1 Å². The van der Waals surface area contributed by atoms with Gasteiger partial charge in [0.25, 0.3) is 0 Å². The van der Waals surface area contributed by atoms with Crippen molar-refractivity contribution < 1.29 is 19.1 Å². The molecule has 2 aliphatic rings. The van der Waals surface area contributed by atoms with E-state index in [1.54, 1.807) is 19.9 Å². The van der Waals surface area contributed by atoms with Crippen LogP contribution in [0.3, 0.4) is 0 Å². The van der Waals surface area contributed by atoms with Crippen molar-refractivity contribution in [3.8, 4) is 11.1 Å². The van der Waals surface area contributed by atoms with E-state index in [1.807, 2.05) is 0 Å². The maximum absolute atomic E-state index is 12.7. The Morgan fingerprint density at radius 1 is 0.667 bits per heavy atom. The number of carbonyl (C=O) groups is 2. The molecule has 0 atom stereocenters. The summed E-state index contributed by atoms with van der Waals surface area (Å²) < 4.78 is 16.2. The molecule has 4 nitrogen and oxygen atoms in total. The topological polar surface area (TPSA) is 52.6 Å². The van der Waals surface area contributed by atoms with Crippen LogP contribution in [0.4, 0.5) is 0 Å². The van der Waals surface area contributed by atoms with E-state index < -0.39 is 18.4 Å². The van der Waals surface area contributed by atoms with Gasteiger partial charge in [-0.15, -0.1) is 0 Å². The Kier molecular flexibility index (Phi) is 11.7. The number of esters is 2. The van der Waals surface area contributed by atoms with Gasteiger partial charge in [0.2, 0.25) is 0 Å². The molecular weight excluding hydrogens is 519 g/mol. The third kappa shape index (κ3) is 6.97. The second-order valence-corrected chi connectivity index (χ2v) is 22.2. The summed E-state index contributed by atoms with van der Waals surface area (Å²) in [5.41, 5.74) is 2.47. The molecule has 0 aromatic rings. The Balaban J connectivity index is 2.67. The molecule has 0 aliphatic heterocycles. The Hall–Kier alpha value is -1.56. The van der Waals surface area contributed by atoms with Crippen LogP contribution in [0.2, 0.25) is 13.3 Å². The van der Waals surface area contributed by atoms with Gasteiger partial charge in [-0.3, -0.25) is 0 Å². The first-order chi connectivity index (χ1) is 16.0. The van der Waals surface area contributed by atoms with Gasteiger partial charge in [-0.1, -0.05) is 0 Å². The summed E-state index contributed by atoms with van der Waals surface area (Å²) in [6, 6.07) is 10.3. The minimum absolute atomic E-state index is 0.301. The van der Waals surface area contributed by atoms with Crippen molar-refractivity contribution in [2.24, 2.45) is 0 Å². The Morgan fingerprint density at radius 2 is 1.06 bits per heavy atom. The first-order valence-electron chi connectivity index (χ1n) is 12.9. The predicted molar refractivity (Wildman–Crippen MR) is 140 cm³/mol. The monoisotopic (exact) mass is 562 g/mol. The summed E-state index contributed by atoms with van der Waals surface area (Å²) in [5.74, 6) is -0.771. The summed E-state index contributed by atoms with van der Waals surface area (Å²) in [4.78, 5) is 25.4. The van der Waals surface area contributed by atoms with Crippen LogP contribution in [0, 0.1) is 0 Å². The molecule has 0 radical (unpaired) electrons. The molecule has 33 heavy (non-hydrogen) atoms. The van der Waals surface area contributed by atoms with E-state index >= 15 is 0 Å². The molecule has 0 saturated heterocycles. The van der Waals surface area contributed by atoms with E-state index in [1.165, 1.54) is 55.4 Å². The van der Waals surface area contributed by atoms with Crippen LogP contribution in [0.15, 0.2) is 30.3 Å². The van der Waals surface area contributed by atoms with Crippen LogP contribution in [-0.4, -0.2) is 43.5 Å². The SMILES string of the molecule is CCC[CH2][Sn]([CH2]CCC)([CH2]CCC)[c]1ccc2c(C(=O)OCC)cc(C(=O)OCC)c-2cc1. The molecule has 2 aliphatic carbocycles. The van der Waals surface area contributed by atoms with Gasteiger partial charge in [-0.2, -0.15) is 0 Å². The summed E-state index contributed by atoms with van der Waals surface area (Å²) in [6.45, 7) is 11.0. The van der Waals surface area contributed by atoms with Gasteiger partial charge in [0, 0.05) is 0 Å². The molecule has 182 valence electrons. The quantitative estimate of drug-likeness (QED) is 0.181. The molecule has 0 unspecified atom stereocenters. The molecule has 0 amide bonds. The zero-order chi connectivity index (χ0) is 24.3. The van der Waals surface area contributed by atoms with Gasteiger partial charge in [0.15, 0.2) is 0 Å². The number of ether oxygens (including phenoxy) is 2. The molecule has 0 saturated carbocycles. The van der Waals surface area contributed by atoms with E-state index in [2.05, 4.69) is 45.0 Å². The second kappa shape index (κ2) is 14.0. The molecule has 5 heteroatoms. The second-order valence-electron chi connectivity index (χ2n) is 8.95. The fourth-order valence-corrected chi connectivity index (χ4v) is 20.7. The van der Waals surface area contributed by atoms with Crippen molar-refractivity contribution in [3.63, 3.8) is 0 Å². The predicted octanol–water partition coefficient (Wildman–Crippen LogP) is 7.20. The molecule has 2 rings (SSSR count). The van der Waals surface area contributed by atoms with Crippen molar-refractivity contribution in [1.29, 1.82) is 0 Å². The number of hydrogen-bond donors (Lipinski definition) is 0. The molecule has 0 aromatic carbocycles. The van der Waals surface area contributed by atoms with Crippen LogP contribution in [0.5, 0.6) is 0 Å². The van der Waals surface area contributed by atoms with E-state index in [-0.39, 0.29) is 11.9 Å². The third-order valence-electron chi connectivity index (χ3n) is 6.65. The van der Waals surface area contributed by atoms with Crippen molar-refractivity contribution in [1.82, 2.24) is 0 Å². The first kappa shape index (κ1) is 27.7. The molecule has 0 fully saturated rings. The van der Waals surface area contributed by atoms with E-state index in [9.17, 15) is 9.59 Å². The summed E-state index contributed by atoms with van der Waals surface area (Å²) in [7, 11) is 0. The van der Waals surface area contributed by atoms with E-state index in [4.69, 9.17) is 9.47 Å². The van der Waals surface area contributed by atoms with Gasteiger partial charge in [-0.25, -0.2) is 0 Å². The molecule has 0 spiro atoms. The van der Waals surface area contributed by atoms with Crippen LogP contribution in [0.25, 0.3) is 11.1 Å². The number of rotatable bonds is 14. The summed E-state index contributed by atoms with van der Waals surface area (Å²) >= 11 is -2.65. The summed E-state index contributed by atoms with van der Waals surface area (Å²) in [6.07, 6.45) is 7.54. The Bertz CT molecular complexity index is 802. The van der Waals surface area contributed by atoms with Crippen LogP contribution < -0.4 is 3.58 Å². The van der Waals surface area contributed by atoms with Gasteiger partial charge >= 0.3 is 205 Å². The van der Waals surface area contributed by atoms with Crippen LogP contribution >= 0.6 is 0 Å². The third-order valence-corrected chi connectivity index (χ3v) is 22.3. The molecule has 0 aromatic heterocycles. The number of hydrogen-bond acceptors (Lipinski definition) is 4. The molecule has 0 heterocycles. The van der Waals surface area contributed by atoms with Gasteiger partial charge in [-0.05, 0) is 0 Å². The van der Waals surface area contributed by atoms with Crippen LogP contribution in [-0.2, 0) is 9.47 Å². The molecule has 0 bridgehead atoms. The Labute approximate surface area is 204 Å². The zero-order valence-electron chi connectivity index (χ0n) is 21.3.